The van der Waals surface area contributed by atoms with E-state index in [9.17, 15) is 4.79 Å². The number of aromatic nitrogens is 3. The maximum Gasteiger partial charge on any atom is 0.277 e. The molecular formula is C20H17N3O2S2. The van der Waals surface area contributed by atoms with Crippen LogP contribution in [0.5, 0.6) is 0 Å². The second-order valence-corrected chi connectivity index (χ2v) is 7.84. The summed E-state index contributed by atoms with van der Waals surface area (Å²) < 4.78 is 5.69. The zero-order chi connectivity index (χ0) is 18.6. The molecule has 0 fully saturated rings. The molecule has 4 aromatic rings. The number of rotatable bonds is 7. The fraction of sp³-hybridized carbons (Fsp3) is 0.150. The van der Waals surface area contributed by atoms with Crippen LogP contribution in [-0.4, -0.2) is 27.2 Å². The van der Waals surface area contributed by atoms with Crippen molar-refractivity contribution in [3.63, 3.8) is 0 Å². The number of carbonyl (C=O) groups excluding carboxylic acids is 1. The first kappa shape index (κ1) is 17.9. The number of Topliss-reactive ketones (excluding diaryl/α,β-unsaturated/α-hetero) is 1. The van der Waals surface area contributed by atoms with E-state index in [0.717, 1.165) is 16.5 Å². The highest BCUT2D eigenvalue weighted by Gasteiger charge is 2.27. The molecule has 0 spiro atoms. The van der Waals surface area contributed by atoms with Gasteiger partial charge in [-0.15, -0.1) is 10.2 Å². The number of hydrogen-bond donors (Lipinski definition) is 1. The zero-order valence-electron chi connectivity index (χ0n) is 14.6. The predicted molar refractivity (Wildman–Crippen MR) is 109 cm³/mol. The summed E-state index contributed by atoms with van der Waals surface area (Å²) in [5.74, 6) is 1.23. The summed E-state index contributed by atoms with van der Waals surface area (Å²) in [5, 5.41) is 9.00. The van der Waals surface area contributed by atoms with Gasteiger partial charge in [-0.05, 0) is 29.6 Å². The normalized spacial score (nSPS) is 12.3. The Balaban J connectivity index is 1.70. The highest BCUT2D eigenvalue weighted by Crippen LogP contribution is 2.38. The van der Waals surface area contributed by atoms with Gasteiger partial charge in [-0.1, -0.05) is 48.5 Å². The first-order valence-corrected chi connectivity index (χ1v) is 10.7. The fourth-order valence-corrected chi connectivity index (χ4v) is 4.21. The quantitative estimate of drug-likeness (QED) is 0.345. The van der Waals surface area contributed by atoms with E-state index in [1.807, 2.05) is 60.9 Å². The van der Waals surface area contributed by atoms with Crippen LogP contribution < -0.4 is 0 Å². The van der Waals surface area contributed by atoms with Gasteiger partial charge in [0, 0.05) is 22.7 Å². The van der Waals surface area contributed by atoms with Crippen LogP contribution in [0.1, 0.15) is 27.1 Å². The number of benzene rings is 2. The highest BCUT2D eigenvalue weighted by molar-refractivity contribution is 8.00. The van der Waals surface area contributed by atoms with E-state index in [1.165, 1.54) is 11.8 Å². The summed E-state index contributed by atoms with van der Waals surface area (Å²) >= 11 is 2.90. The van der Waals surface area contributed by atoms with Gasteiger partial charge < -0.3 is 9.40 Å². The van der Waals surface area contributed by atoms with Crippen LogP contribution in [0.4, 0.5) is 0 Å². The average molecular weight is 396 g/mol. The standard InChI is InChI=1S/C20H17N3O2S2/c1-26-12-17-22-23-20(25-17)27-19(13-7-3-2-4-8-13)18(24)15-11-21-16-10-6-5-9-14(15)16/h2-11,19,21H,12H2,1H3. The molecule has 2 aromatic heterocycles. The fourth-order valence-electron chi connectivity index (χ4n) is 2.89. The lowest BCUT2D eigenvalue weighted by atomic mass is 10.0. The third-order valence-electron chi connectivity index (χ3n) is 4.13. The van der Waals surface area contributed by atoms with Gasteiger partial charge >= 0.3 is 0 Å². The third kappa shape index (κ3) is 3.79. The van der Waals surface area contributed by atoms with Gasteiger partial charge in [0.1, 0.15) is 5.25 Å². The Hall–Kier alpha value is -2.51. The molecular weight excluding hydrogens is 378 g/mol. The van der Waals surface area contributed by atoms with E-state index in [1.54, 1.807) is 18.0 Å². The second kappa shape index (κ2) is 8.02. The smallest absolute Gasteiger partial charge is 0.277 e. The molecule has 136 valence electrons. The molecule has 0 saturated heterocycles. The van der Waals surface area contributed by atoms with Crippen LogP contribution in [0.3, 0.4) is 0 Å². The Labute approximate surface area is 165 Å². The Morgan fingerprint density at radius 3 is 2.70 bits per heavy atom. The van der Waals surface area contributed by atoms with Crippen LogP contribution in [0.2, 0.25) is 0 Å². The summed E-state index contributed by atoms with van der Waals surface area (Å²) in [5.41, 5.74) is 2.51. The number of carbonyl (C=O) groups is 1. The van der Waals surface area contributed by atoms with Crippen molar-refractivity contribution in [1.29, 1.82) is 0 Å². The largest absolute Gasteiger partial charge is 0.415 e. The van der Waals surface area contributed by atoms with Gasteiger partial charge in [-0.25, -0.2) is 0 Å². The van der Waals surface area contributed by atoms with Crippen molar-refractivity contribution in [3.05, 3.63) is 77.8 Å². The number of fused-ring (bicyclic) bond motifs is 1. The van der Waals surface area contributed by atoms with Crippen LogP contribution in [0.25, 0.3) is 10.9 Å². The van der Waals surface area contributed by atoms with Gasteiger partial charge in [0.25, 0.3) is 5.22 Å². The lowest BCUT2D eigenvalue weighted by Crippen LogP contribution is -2.09. The molecule has 5 nitrogen and oxygen atoms in total. The van der Waals surface area contributed by atoms with Crippen LogP contribution >= 0.6 is 23.5 Å². The molecule has 2 aromatic carbocycles. The van der Waals surface area contributed by atoms with Gasteiger partial charge in [0.2, 0.25) is 5.89 Å². The van der Waals surface area contributed by atoms with Gasteiger partial charge in [0.05, 0.1) is 5.75 Å². The predicted octanol–water partition coefficient (Wildman–Crippen LogP) is 5.13. The lowest BCUT2D eigenvalue weighted by Gasteiger charge is -2.13. The van der Waals surface area contributed by atoms with E-state index in [-0.39, 0.29) is 5.78 Å². The van der Waals surface area contributed by atoms with E-state index < -0.39 is 5.25 Å². The molecule has 0 saturated carbocycles. The van der Waals surface area contributed by atoms with Gasteiger partial charge in [-0.2, -0.15) is 11.8 Å². The number of para-hydroxylation sites is 1. The van der Waals surface area contributed by atoms with Crippen LogP contribution in [-0.2, 0) is 5.75 Å². The Kier molecular flexibility index (Phi) is 5.31. The number of ketones is 1. The summed E-state index contributed by atoms with van der Waals surface area (Å²) in [4.78, 5) is 16.6. The minimum absolute atomic E-state index is 0.00765. The first-order valence-electron chi connectivity index (χ1n) is 8.39. The minimum Gasteiger partial charge on any atom is -0.415 e. The maximum atomic E-state index is 13.4. The van der Waals surface area contributed by atoms with Crippen molar-refractivity contribution >= 4 is 40.2 Å². The van der Waals surface area contributed by atoms with Crippen LogP contribution in [0, 0.1) is 0 Å². The summed E-state index contributed by atoms with van der Waals surface area (Å²) in [6, 6.07) is 17.5. The van der Waals surface area contributed by atoms with Gasteiger partial charge in [-0.3, -0.25) is 4.79 Å². The maximum absolute atomic E-state index is 13.4. The zero-order valence-corrected chi connectivity index (χ0v) is 16.2. The molecule has 0 aliphatic heterocycles. The SMILES string of the molecule is CSCc1nnc(SC(C(=O)c2c[nH]c3ccccc23)c2ccccc2)o1. The summed E-state index contributed by atoms with van der Waals surface area (Å²) in [7, 11) is 0. The lowest BCUT2D eigenvalue weighted by molar-refractivity contribution is 0.0990. The molecule has 1 atom stereocenters. The van der Waals surface area contributed by atoms with Crippen molar-refractivity contribution < 1.29 is 9.21 Å². The minimum atomic E-state index is -0.465. The molecule has 0 radical (unpaired) electrons. The molecule has 0 aliphatic rings. The van der Waals surface area contributed by atoms with Crippen LogP contribution in [0.15, 0.2) is 70.4 Å². The van der Waals surface area contributed by atoms with Crippen molar-refractivity contribution in [1.82, 2.24) is 15.2 Å². The van der Waals surface area contributed by atoms with E-state index in [4.69, 9.17) is 4.42 Å². The molecule has 1 N–H and O–H groups in total. The van der Waals surface area contributed by atoms with E-state index in [2.05, 4.69) is 15.2 Å². The Bertz CT molecular complexity index is 1060. The number of hydrogen-bond acceptors (Lipinski definition) is 6. The Morgan fingerprint density at radius 2 is 1.89 bits per heavy atom. The number of thioether (sulfide) groups is 2. The molecule has 0 aliphatic carbocycles. The summed E-state index contributed by atoms with van der Waals surface area (Å²) in [6.07, 6.45) is 3.75. The topological polar surface area (TPSA) is 71.8 Å². The summed E-state index contributed by atoms with van der Waals surface area (Å²) in [6.45, 7) is 0. The first-order chi connectivity index (χ1) is 13.3. The van der Waals surface area contributed by atoms with Gasteiger partial charge in [0.15, 0.2) is 5.78 Å². The number of nitrogens with one attached hydrogen (secondary N) is 1. The van der Waals surface area contributed by atoms with Crippen molar-refractivity contribution in [3.8, 4) is 0 Å². The average Bonchev–Trinajstić information content (AvgIpc) is 3.33. The van der Waals surface area contributed by atoms with Crippen molar-refractivity contribution in [2.75, 3.05) is 6.26 Å². The van der Waals surface area contributed by atoms with Crippen molar-refractivity contribution in [2.45, 2.75) is 16.2 Å². The molecule has 0 bridgehead atoms. The molecule has 4 rings (SSSR count). The Morgan fingerprint density at radius 1 is 1.11 bits per heavy atom. The second-order valence-electron chi connectivity index (χ2n) is 5.92. The van der Waals surface area contributed by atoms with Crippen molar-refractivity contribution in [2.24, 2.45) is 0 Å². The highest BCUT2D eigenvalue weighted by atomic mass is 32.2. The monoisotopic (exact) mass is 395 g/mol. The number of nitrogens with zero attached hydrogens (tertiary/aromatic N) is 2. The number of aromatic amines is 1. The molecule has 1 unspecified atom stereocenters. The number of H-pyrrole nitrogens is 1. The molecule has 0 amide bonds. The van der Waals surface area contributed by atoms with E-state index in [0.29, 0.717) is 22.4 Å². The molecule has 7 heteroatoms. The molecule has 27 heavy (non-hydrogen) atoms. The van der Waals surface area contributed by atoms with E-state index >= 15 is 0 Å². The third-order valence-corrected chi connectivity index (χ3v) is 5.75. The molecule has 2 heterocycles.